The lowest BCUT2D eigenvalue weighted by Gasteiger charge is -2.18. The van der Waals surface area contributed by atoms with Crippen molar-refractivity contribution >= 4 is 27.3 Å². The van der Waals surface area contributed by atoms with Crippen LogP contribution in [0.2, 0.25) is 0 Å². The summed E-state index contributed by atoms with van der Waals surface area (Å²) in [6, 6.07) is 8.10. The lowest BCUT2D eigenvalue weighted by molar-refractivity contribution is 0.322. The molecule has 108 valence electrons. The summed E-state index contributed by atoms with van der Waals surface area (Å²) in [5, 5.41) is 2.08. The van der Waals surface area contributed by atoms with E-state index in [9.17, 15) is 0 Å². The van der Waals surface area contributed by atoms with Crippen LogP contribution in [0.25, 0.3) is 0 Å². The quantitative estimate of drug-likeness (QED) is 0.715. The minimum atomic E-state index is 0.163. The molecule has 0 bridgehead atoms. The van der Waals surface area contributed by atoms with Crippen molar-refractivity contribution in [3.8, 4) is 17.2 Å². The van der Waals surface area contributed by atoms with Crippen LogP contribution in [0.15, 0.2) is 29.6 Å². The first-order valence-corrected chi connectivity index (χ1v) is 7.96. The van der Waals surface area contributed by atoms with E-state index in [1.54, 1.807) is 32.7 Å². The first-order valence-electron chi connectivity index (χ1n) is 6.16. The summed E-state index contributed by atoms with van der Waals surface area (Å²) in [5.41, 5.74) is 1.05. The first-order chi connectivity index (χ1) is 9.71. The van der Waals surface area contributed by atoms with Crippen molar-refractivity contribution in [2.45, 2.75) is 11.2 Å². The largest absolute Gasteiger partial charge is 0.493 e. The molecule has 3 nitrogen and oxygen atoms in total. The molecule has 0 amide bonds. The van der Waals surface area contributed by atoms with Crippen LogP contribution in [-0.4, -0.2) is 21.3 Å². The Morgan fingerprint density at radius 1 is 1.05 bits per heavy atom. The molecule has 0 fully saturated rings. The standard InChI is InChI=1S/C15H17BrO3S/c1-17-13-7-6-11(14(18-2)15(13)19-3)12(16)9-10-5-4-8-20-10/h4-8,12H,9H2,1-3H3. The van der Waals surface area contributed by atoms with E-state index in [0.717, 1.165) is 12.0 Å². The summed E-state index contributed by atoms with van der Waals surface area (Å²) >= 11 is 5.49. The summed E-state index contributed by atoms with van der Waals surface area (Å²) < 4.78 is 16.2. The molecule has 0 aliphatic carbocycles. The molecule has 1 atom stereocenters. The highest BCUT2D eigenvalue weighted by Crippen LogP contribution is 2.45. The number of hydrogen-bond acceptors (Lipinski definition) is 4. The second-order valence-electron chi connectivity index (χ2n) is 4.17. The van der Waals surface area contributed by atoms with Gasteiger partial charge >= 0.3 is 0 Å². The lowest BCUT2D eigenvalue weighted by atomic mass is 10.1. The van der Waals surface area contributed by atoms with Crippen LogP contribution in [0, 0.1) is 0 Å². The van der Waals surface area contributed by atoms with Gasteiger partial charge in [-0.1, -0.05) is 28.1 Å². The van der Waals surface area contributed by atoms with E-state index in [-0.39, 0.29) is 4.83 Å². The number of methoxy groups -OCH3 is 3. The van der Waals surface area contributed by atoms with Gasteiger partial charge in [-0.2, -0.15) is 0 Å². The van der Waals surface area contributed by atoms with Crippen molar-refractivity contribution in [3.05, 3.63) is 40.1 Å². The monoisotopic (exact) mass is 356 g/mol. The number of halogens is 1. The van der Waals surface area contributed by atoms with Gasteiger partial charge in [-0.25, -0.2) is 0 Å². The molecular weight excluding hydrogens is 340 g/mol. The topological polar surface area (TPSA) is 27.7 Å². The van der Waals surface area contributed by atoms with Gasteiger partial charge in [-0.3, -0.25) is 0 Å². The SMILES string of the molecule is COc1ccc(C(Br)Cc2cccs2)c(OC)c1OC. The summed E-state index contributed by atoms with van der Waals surface area (Å²) in [5.74, 6) is 2.01. The third-order valence-electron chi connectivity index (χ3n) is 3.03. The molecule has 2 aromatic rings. The Morgan fingerprint density at radius 2 is 1.80 bits per heavy atom. The van der Waals surface area contributed by atoms with Gasteiger partial charge in [0.15, 0.2) is 11.5 Å². The zero-order valence-corrected chi connectivity index (χ0v) is 14.1. The highest BCUT2D eigenvalue weighted by molar-refractivity contribution is 9.09. The summed E-state index contributed by atoms with van der Waals surface area (Å²) in [7, 11) is 4.88. The van der Waals surface area contributed by atoms with E-state index in [2.05, 4.69) is 33.4 Å². The van der Waals surface area contributed by atoms with Crippen LogP contribution in [0.1, 0.15) is 15.3 Å². The molecule has 1 aromatic heterocycles. The predicted molar refractivity (Wildman–Crippen MR) is 85.8 cm³/mol. The molecule has 1 unspecified atom stereocenters. The van der Waals surface area contributed by atoms with Crippen LogP contribution in [0.5, 0.6) is 17.2 Å². The molecule has 5 heteroatoms. The van der Waals surface area contributed by atoms with Gasteiger partial charge < -0.3 is 14.2 Å². The van der Waals surface area contributed by atoms with E-state index in [1.807, 2.05) is 12.1 Å². The molecule has 0 aliphatic rings. The van der Waals surface area contributed by atoms with Gasteiger partial charge in [0.25, 0.3) is 0 Å². The zero-order valence-electron chi connectivity index (χ0n) is 11.7. The van der Waals surface area contributed by atoms with Crippen molar-refractivity contribution in [2.24, 2.45) is 0 Å². The number of hydrogen-bond donors (Lipinski definition) is 0. The van der Waals surface area contributed by atoms with Gasteiger partial charge in [0.2, 0.25) is 5.75 Å². The van der Waals surface area contributed by atoms with E-state index >= 15 is 0 Å². The van der Waals surface area contributed by atoms with Crippen molar-refractivity contribution < 1.29 is 14.2 Å². The van der Waals surface area contributed by atoms with Crippen LogP contribution in [0.4, 0.5) is 0 Å². The number of benzene rings is 1. The maximum atomic E-state index is 5.52. The highest BCUT2D eigenvalue weighted by atomic mass is 79.9. The average Bonchev–Trinajstić information content (AvgIpc) is 2.98. The minimum Gasteiger partial charge on any atom is -0.493 e. The van der Waals surface area contributed by atoms with E-state index in [4.69, 9.17) is 14.2 Å². The Morgan fingerprint density at radius 3 is 2.35 bits per heavy atom. The third-order valence-corrected chi connectivity index (χ3v) is 4.75. The molecule has 0 radical (unpaired) electrons. The molecule has 1 heterocycles. The maximum absolute atomic E-state index is 5.52. The molecule has 0 aliphatic heterocycles. The second kappa shape index (κ2) is 6.99. The van der Waals surface area contributed by atoms with Gasteiger partial charge in [0.05, 0.1) is 21.3 Å². The van der Waals surface area contributed by atoms with Crippen molar-refractivity contribution in [1.82, 2.24) is 0 Å². The predicted octanol–water partition coefficient (Wildman–Crippen LogP) is 4.45. The normalized spacial score (nSPS) is 12.0. The highest BCUT2D eigenvalue weighted by Gasteiger charge is 2.21. The Balaban J connectivity index is 2.35. The molecular formula is C15H17BrO3S. The van der Waals surface area contributed by atoms with Gasteiger partial charge in [0, 0.05) is 15.3 Å². The first kappa shape index (κ1) is 15.2. The van der Waals surface area contributed by atoms with E-state index < -0.39 is 0 Å². The zero-order chi connectivity index (χ0) is 14.5. The minimum absolute atomic E-state index is 0.163. The fraction of sp³-hybridized carbons (Fsp3) is 0.333. The Kier molecular flexibility index (Phi) is 5.31. The summed E-state index contributed by atoms with van der Waals surface area (Å²) in [6.45, 7) is 0. The van der Waals surface area contributed by atoms with Crippen molar-refractivity contribution in [1.29, 1.82) is 0 Å². The molecule has 20 heavy (non-hydrogen) atoms. The van der Waals surface area contributed by atoms with Crippen LogP contribution < -0.4 is 14.2 Å². The molecule has 0 saturated heterocycles. The summed E-state index contributed by atoms with van der Waals surface area (Å²) in [6.07, 6.45) is 0.906. The molecule has 0 N–H and O–H groups in total. The van der Waals surface area contributed by atoms with Gasteiger partial charge in [0.1, 0.15) is 0 Å². The van der Waals surface area contributed by atoms with Crippen LogP contribution >= 0.6 is 27.3 Å². The fourth-order valence-corrected chi connectivity index (χ4v) is 3.76. The van der Waals surface area contributed by atoms with E-state index in [0.29, 0.717) is 17.2 Å². The van der Waals surface area contributed by atoms with Crippen molar-refractivity contribution in [3.63, 3.8) is 0 Å². The van der Waals surface area contributed by atoms with Crippen LogP contribution in [0.3, 0.4) is 0 Å². The summed E-state index contributed by atoms with van der Waals surface area (Å²) in [4.78, 5) is 1.49. The Hall–Kier alpha value is -1.20. The van der Waals surface area contributed by atoms with E-state index in [1.165, 1.54) is 4.88 Å². The smallest absolute Gasteiger partial charge is 0.203 e. The molecule has 2 rings (SSSR count). The molecule has 0 saturated carbocycles. The molecule has 1 aromatic carbocycles. The van der Waals surface area contributed by atoms with Crippen LogP contribution in [-0.2, 0) is 6.42 Å². The maximum Gasteiger partial charge on any atom is 0.203 e. The lowest BCUT2D eigenvalue weighted by Crippen LogP contribution is -2.01. The fourth-order valence-electron chi connectivity index (χ4n) is 2.09. The number of ether oxygens (including phenoxy) is 3. The third kappa shape index (κ3) is 3.10. The number of thiophene rings is 1. The van der Waals surface area contributed by atoms with Gasteiger partial charge in [-0.15, -0.1) is 11.3 Å². The average molecular weight is 357 g/mol. The second-order valence-corrected chi connectivity index (χ2v) is 6.31. The Labute approximate surface area is 131 Å². The number of rotatable bonds is 6. The molecule has 0 spiro atoms. The van der Waals surface area contributed by atoms with Gasteiger partial charge in [-0.05, 0) is 23.9 Å². The number of alkyl halides is 1. The Bertz CT molecular complexity index is 554. The van der Waals surface area contributed by atoms with Crippen molar-refractivity contribution in [2.75, 3.05) is 21.3 Å².